The van der Waals surface area contributed by atoms with E-state index in [0.717, 1.165) is 6.08 Å². The monoisotopic (exact) mass is 198 g/mol. The molecule has 76 valence electrons. The molecule has 3 nitrogen and oxygen atoms in total. The van der Waals surface area contributed by atoms with Crippen LogP contribution in [0.1, 0.15) is 6.92 Å². The van der Waals surface area contributed by atoms with Crippen LogP contribution >= 0.6 is 0 Å². The highest BCUT2D eigenvalue weighted by molar-refractivity contribution is 5.75. The summed E-state index contributed by atoms with van der Waals surface area (Å²) in [7, 11) is 0. The zero-order valence-corrected chi connectivity index (χ0v) is 6.84. The van der Waals surface area contributed by atoms with Crippen LogP contribution in [0.5, 0.6) is 0 Å². The summed E-state index contributed by atoms with van der Waals surface area (Å²) in [6.45, 7) is 4.52. The fourth-order valence-corrected chi connectivity index (χ4v) is 0.429. The van der Waals surface area contributed by atoms with Crippen molar-refractivity contribution in [3.05, 3.63) is 12.7 Å². The molecule has 0 aliphatic heterocycles. The van der Waals surface area contributed by atoms with Crippen molar-refractivity contribution in [3.63, 3.8) is 0 Å². The Morgan fingerprint density at radius 3 is 2.38 bits per heavy atom. The lowest BCUT2D eigenvalue weighted by atomic mass is 10.3. The molecule has 2 atom stereocenters. The summed E-state index contributed by atoms with van der Waals surface area (Å²) in [6, 6.07) is 0. The quantitative estimate of drug-likeness (QED) is 0.544. The first kappa shape index (κ1) is 12.0. The maximum absolute atomic E-state index is 11.7. The third kappa shape index (κ3) is 3.93. The minimum absolute atomic E-state index is 0.857. The molecule has 0 aliphatic rings. The standard InChI is InChI=1S/C7H9F3O3/c1-3-4(2)13-6(12)5(11)7(8,9)10/h3-5,11H,1H2,2H3/t4?,5-/m0/s1. The predicted molar refractivity (Wildman–Crippen MR) is 37.8 cm³/mol. The number of ether oxygens (including phenoxy) is 1. The van der Waals surface area contributed by atoms with Gasteiger partial charge in [0.25, 0.3) is 0 Å². The lowest BCUT2D eigenvalue weighted by Gasteiger charge is -2.15. The van der Waals surface area contributed by atoms with Crippen LogP contribution in [0.4, 0.5) is 13.2 Å². The highest BCUT2D eigenvalue weighted by Crippen LogP contribution is 2.21. The number of carbonyl (C=O) groups excluding carboxylic acids is 1. The Labute approximate surface area is 72.8 Å². The van der Waals surface area contributed by atoms with Crippen molar-refractivity contribution in [1.82, 2.24) is 0 Å². The summed E-state index contributed by atoms with van der Waals surface area (Å²) in [4.78, 5) is 10.5. The van der Waals surface area contributed by atoms with Crippen LogP contribution in [-0.4, -0.2) is 29.5 Å². The fraction of sp³-hybridized carbons (Fsp3) is 0.571. The van der Waals surface area contributed by atoms with E-state index < -0.39 is 24.4 Å². The van der Waals surface area contributed by atoms with Crippen molar-refractivity contribution < 1.29 is 27.8 Å². The van der Waals surface area contributed by atoms with Crippen LogP contribution in [0.25, 0.3) is 0 Å². The Kier molecular flexibility index (Phi) is 3.93. The molecule has 0 saturated carbocycles. The maximum atomic E-state index is 11.7. The number of halogens is 3. The molecule has 0 heterocycles. The predicted octanol–water partition coefficient (Wildman–Crippen LogP) is 1.03. The van der Waals surface area contributed by atoms with Crippen molar-refractivity contribution >= 4 is 5.97 Å². The van der Waals surface area contributed by atoms with E-state index in [-0.39, 0.29) is 0 Å². The zero-order chi connectivity index (χ0) is 10.6. The first-order valence-electron chi connectivity index (χ1n) is 3.37. The van der Waals surface area contributed by atoms with Gasteiger partial charge in [-0.05, 0) is 6.92 Å². The Morgan fingerprint density at radius 2 is 2.08 bits per heavy atom. The van der Waals surface area contributed by atoms with Gasteiger partial charge in [0.05, 0.1) is 0 Å². The number of esters is 1. The lowest BCUT2D eigenvalue weighted by Crippen LogP contribution is -2.38. The van der Waals surface area contributed by atoms with E-state index in [9.17, 15) is 18.0 Å². The smallest absolute Gasteiger partial charge is 0.425 e. The molecule has 1 unspecified atom stereocenters. The van der Waals surface area contributed by atoms with E-state index in [2.05, 4.69) is 11.3 Å². The Balaban J connectivity index is 4.20. The summed E-state index contributed by atoms with van der Waals surface area (Å²) < 4.78 is 39.2. The van der Waals surface area contributed by atoms with Gasteiger partial charge in [-0.3, -0.25) is 0 Å². The lowest BCUT2D eigenvalue weighted by molar-refractivity contribution is -0.219. The number of rotatable bonds is 3. The molecule has 0 aromatic heterocycles. The molecule has 0 aromatic rings. The molecule has 1 N–H and O–H groups in total. The maximum Gasteiger partial charge on any atom is 0.425 e. The molecule has 0 saturated heterocycles. The summed E-state index contributed by atoms with van der Waals surface area (Å²) >= 11 is 0. The highest BCUT2D eigenvalue weighted by Gasteiger charge is 2.45. The minimum Gasteiger partial charge on any atom is -0.456 e. The number of aliphatic hydroxyl groups is 1. The van der Waals surface area contributed by atoms with Crippen LogP contribution in [0, 0.1) is 0 Å². The van der Waals surface area contributed by atoms with Crippen molar-refractivity contribution in [2.75, 3.05) is 0 Å². The van der Waals surface area contributed by atoms with Gasteiger partial charge in [0, 0.05) is 0 Å². The second-order valence-electron chi connectivity index (χ2n) is 2.32. The van der Waals surface area contributed by atoms with Gasteiger partial charge in [0.2, 0.25) is 6.10 Å². The van der Waals surface area contributed by atoms with Crippen LogP contribution in [0.2, 0.25) is 0 Å². The number of carbonyl (C=O) groups is 1. The van der Waals surface area contributed by atoms with Gasteiger partial charge in [-0.2, -0.15) is 13.2 Å². The van der Waals surface area contributed by atoms with Gasteiger partial charge in [0.1, 0.15) is 6.10 Å². The Hall–Kier alpha value is -1.04. The number of hydrogen-bond acceptors (Lipinski definition) is 3. The molecule has 0 aliphatic carbocycles. The molecule has 0 amide bonds. The average molecular weight is 198 g/mol. The molecule has 0 aromatic carbocycles. The van der Waals surface area contributed by atoms with Gasteiger partial charge in [-0.1, -0.05) is 12.7 Å². The topological polar surface area (TPSA) is 46.5 Å². The van der Waals surface area contributed by atoms with Crippen molar-refractivity contribution in [3.8, 4) is 0 Å². The largest absolute Gasteiger partial charge is 0.456 e. The molecule has 0 fully saturated rings. The van der Waals surface area contributed by atoms with Crippen LogP contribution in [-0.2, 0) is 9.53 Å². The van der Waals surface area contributed by atoms with Crippen LogP contribution < -0.4 is 0 Å². The van der Waals surface area contributed by atoms with Crippen molar-refractivity contribution in [2.24, 2.45) is 0 Å². The highest BCUT2D eigenvalue weighted by atomic mass is 19.4. The van der Waals surface area contributed by atoms with Gasteiger partial charge in [-0.15, -0.1) is 0 Å². The molecule has 0 bridgehead atoms. The number of aliphatic hydroxyl groups excluding tert-OH is 1. The molecular formula is C7H9F3O3. The second-order valence-corrected chi connectivity index (χ2v) is 2.32. The van der Waals surface area contributed by atoms with E-state index in [1.807, 2.05) is 0 Å². The second kappa shape index (κ2) is 4.27. The first-order chi connectivity index (χ1) is 5.79. The summed E-state index contributed by atoms with van der Waals surface area (Å²) in [5.41, 5.74) is 0. The molecular weight excluding hydrogens is 189 g/mol. The van der Waals surface area contributed by atoms with Crippen LogP contribution in [0.15, 0.2) is 12.7 Å². The molecule has 0 radical (unpaired) electrons. The van der Waals surface area contributed by atoms with E-state index in [1.165, 1.54) is 6.92 Å². The van der Waals surface area contributed by atoms with Gasteiger partial charge in [-0.25, -0.2) is 4.79 Å². The van der Waals surface area contributed by atoms with Gasteiger partial charge >= 0.3 is 12.1 Å². The third-order valence-electron chi connectivity index (χ3n) is 1.17. The van der Waals surface area contributed by atoms with Crippen molar-refractivity contribution in [2.45, 2.75) is 25.3 Å². The summed E-state index contributed by atoms with van der Waals surface area (Å²) in [5.74, 6) is -1.72. The zero-order valence-electron chi connectivity index (χ0n) is 6.84. The molecule has 0 rings (SSSR count). The third-order valence-corrected chi connectivity index (χ3v) is 1.17. The van der Waals surface area contributed by atoms with Gasteiger partial charge in [0.15, 0.2) is 0 Å². The molecule has 6 heteroatoms. The SMILES string of the molecule is C=CC(C)OC(=O)[C@H](O)C(F)(F)F. The Bertz CT molecular complexity index is 200. The summed E-state index contributed by atoms with van der Waals surface area (Å²) in [5, 5.41) is 8.36. The normalized spacial score (nSPS) is 16.1. The average Bonchev–Trinajstić information content (AvgIpc) is 2.01. The van der Waals surface area contributed by atoms with Crippen LogP contribution in [0.3, 0.4) is 0 Å². The Morgan fingerprint density at radius 1 is 1.62 bits per heavy atom. The number of hydrogen-bond donors (Lipinski definition) is 1. The van der Waals surface area contributed by atoms with E-state index in [1.54, 1.807) is 0 Å². The van der Waals surface area contributed by atoms with E-state index in [4.69, 9.17) is 5.11 Å². The van der Waals surface area contributed by atoms with Gasteiger partial charge < -0.3 is 9.84 Å². The van der Waals surface area contributed by atoms with Crippen molar-refractivity contribution in [1.29, 1.82) is 0 Å². The molecule has 0 spiro atoms. The number of alkyl halides is 3. The first-order valence-corrected chi connectivity index (χ1v) is 3.37. The summed E-state index contributed by atoms with van der Waals surface area (Å²) in [6.07, 6.45) is -7.79. The molecule has 13 heavy (non-hydrogen) atoms. The van der Waals surface area contributed by atoms with E-state index in [0.29, 0.717) is 0 Å². The fourth-order valence-electron chi connectivity index (χ4n) is 0.429. The van der Waals surface area contributed by atoms with E-state index >= 15 is 0 Å². The minimum atomic E-state index is -4.99.